The zero-order valence-electron chi connectivity index (χ0n) is 18.8. The van der Waals surface area contributed by atoms with Crippen molar-refractivity contribution in [1.29, 1.82) is 0 Å². The molecule has 35 heavy (non-hydrogen) atoms. The molecule has 1 aromatic heterocycles. The first-order valence-electron chi connectivity index (χ1n) is 10.8. The highest BCUT2D eigenvalue weighted by Crippen LogP contribution is 2.31. The molecule has 1 aliphatic rings. The number of carboxylic acid groups (broad SMARTS) is 1. The van der Waals surface area contributed by atoms with Gasteiger partial charge in [0.15, 0.2) is 0 Å². The molecule has 2 atom stereocenters. The largest absolute Gasteiger partial charge is 0.496 e. The maximum atomic E-state index is 11.5. The highest BCUT2D eigenvalue weighted by Gasteiger charge is 2.21. The molecule has 0 amide bonds. The number of ether oxygens (including phenoxy) is 2. The minimum atomic E-state index is -1.08. The Morgan fingerprint density at radius 1 is 1.17 bits per heavy atom. The molecule has 7 nitrogen and oxygen atoms in total. The minimum Gasteiger partial charge on any atom is -0.496 e. The lowest BCUT2D eigenvalue weighted by molar-refractivity contribution is 0.0693. The third-order valence-electron chi connectivity index (χ3n) is 5.85. The molecule has 0 saturated heterocycles. The number of fused-ring (bicyclic) bond motifs is 1. The number of nitrogens with one attached hydrogen (secondary N) is 1. The number of rotatable bonds is 8. The molecule has 3 N–H and O–H groups in total. The number of nitrogens with zero attached hydrogens (tertiary/aromatic N) is 1. The second-order valence-electron chi connectivity index (χ2n) is 8.10. The van der Waals surface area contributed by atoms with Crippen LogP contribution < -0.4 is 14.8 Å². The van der Waals surface area contributed by atoms with Gasteiger partial charge in [-0.1, -0.05) is 29.3 Å². The van der Waals surface area contributed by atoms with E-state index in [-0.39, 0.29) is 34.9 Å². The first-order chi connectivity index (χ1) is 16.3. The van der Waals surface area contributed by atoms with Crippen LogP contribution in [0.15, 0.2) is 48.7 Å². The standard InChI is InChI=1S/C25H24Cl2N2O5.ClH/c1-33-23-7-6-19(11-20(23)25(31)32)34-18-5-3-14-2-4-17(8-15(14)9-18)28-13-22(30)16-10-21(26)24(27)29-12-16;/h3,5-7,9-12,17,22,28,30H,2,4,8,13H2,1H3,(H,31,32);1H/t17-,22-;/m0./s1. The molecule has 1 heterocycles. The second-order valence-corrected chi connectivity index (χ2v) is 8.87. The van der Waals surface area contributed by atoms with E-state index >= 15 is 0 Å². The number of halogens is 3. The third-order valence-corrected chi connectivity index (χ3v) is 6.53. The van der Waals surface area contributed by atoms with Crippen molar-refractivity contribution >= 4 is 41.6 Å². The molecular formula is C25H25Cl3N2O5. The van der Waals surface area contributed by atoms with E-state index < -0.39 is 12.1 Å². The average Bonchev–Trinajstić information content (AvgIpc) is 2.83. The average molecular weight is 540 g/mol. The van der Waals surface area contributed by atoms with Crippen molar-refractivity contribution in [2.24, 2.45) is 0 Å². The normalized spacial score (nSPS) is 15.5. The summed E-state index contributed by atoms with van der Waals surface area (Å²) in [5.41, 5.74) is 3.05. The molecule has 4 rings (SSSR count). The maximum absolute atomic E-state index is 11.5. The Morgan fingerprint density at radius 3 is 2.63 bits per heavy atom. The third kappa shape index (κ3) is 6.57. The van der Waals surface area contributed by atoms with Crippen LogP contribution in [-0.2, 0) is 12.8 Å². The molecule has 0 saturated carbocycles. The van der Waals surface area contributed by atoms with Gasteiger partial charge in [0.1, 0.15) is 28.0 Å². The number of aromatic nitrogens is 1. The summed E-state index contributed by atoms with van der Waals surface area (Å²) in [7, 11) is 1.43. The summed E-state index contributed by atoms with van der Waals surface area (Å²) in [5.74, 6) is 0.239. The van der Waals surface area contributed by atoms with Crippen LogP contribution in [0.1, 0.15) is 39.6 Å². The lowest BCUT2D eigenvalue weighted by Crippen LogP contribution is -2.37. The molecule has 0 fully saturated rings. The number of carbonyl (C=O) groups is 1. The Morgan fingerprint density at radius 2 is 1.91 bits per heavy atom. The Bertz CT molecular complexity index is 1210. The number of hydrogen-bond donors (Lipinski definition) is 3. The highest BCUT2D eigenvalue weighted by molar-refractivity contribution is 6.41. The van der Waals surface area contributed by atoms with Gasteiger partial charge in [0, 0.05) is 24.3 Å². The summed E-state index contributed by atoms with van der Waals surface area (Å²) in [5, 5.41) is 23.8. The summed E-state index contributed by atoms with van der Waals surface area (Å²) in [4.78, 5) is 15.5. The summed E-state index contributed by atoms with van der Waals surface area (Å²) >= 11 is 11.9. The lowest BCUT2D eigenvalue weighted by atomic mass is 9.88. The Labute approximate surface area is 219 Å². The summed E-state index contributed by atoms with van der Waals surface area (Å²) in [6.07, 6.45) is 3.40. The van der Waals surface area contributed by atoms with E-state index in [1.807, 2.05) is 18.2 Å². The molecule has 0 radical (unpaired) electrons. The van der Waals surface area contributed by atoms with E-state index in [0.29, 0.717) is 28.6 Å². The molecule has 186 valence electrons. The van der Waals surface area contributed by atoms with Crippen molar-refractivity contribution < 1.29 is 24.5 Å². The van der Waals surface area contributed by atoms with Crippen molar-refractivity contribution in [3.05, 3.63) is 81.1 Å². The number of aliphatic hydroxyl groups is 1. The van der Waals surface area contributed by atoms with Crippen LogP contribution in [0.4, 0.5) is 0 Å². The van der Waals surface area contributed by atoms with Gasteiger partial charge in [-0.25, -0.2) is 9.78 Å². The van der Waals surface area contributed by atoms with Crippen LogP contribution in [-0.4, -0.2) is 40.9 Å². The van der Waals surface area contributed by atoms with E-state index in [1.54, 1.807) is 18.2 Å². The maximum Gasteiger partial charge on any atom is 0.339 e. The highest BCUT2D eigenvalue weighted by atomic mass is 35.5. The predicted molar refractivity (Wildman–Crippen MR) is 137 cm³/mol. The second kappa shape index (κ2) is 11.9. The molecule has 0 bridgehead atoms. The smallest absolute Gasteiger partial charge is 0.339 e. The topological polar surface area (TPSA) is 101 Å². The van der Waals surface area contributed by atoms with Crippen LogP contribution in [0.2, 0.25) is 10.2 Å². The number of aliphatic hydroxyl groups excluding tert-OH is 1. The first-order valence-corrected chi connectivity index (χ1v) is 11.5. The van der Waals surface area contributed by atoms with Crippen molar-refractivity contribution in [3.63, 3.8) is 0 Å². The SMILES string of the molecule is COc1ccc(Oc2ccc3c(c2)C[C@@H](NC[C@H](O)c2cnc(Cl)c(Cl)c2)CC3)cc1C(=O)O.Cl. The van der Waals surface area contributed by atoms with Crippen molar-refractivity contribution in [3.8, 4) is 17.2 Å². The monoisotopic (exact) mass is 538 g/mol. The van der Waals surface area contributed by atoms with Crippen LogP contribution in [0.3, 0.4) is 0 Å². The number of carboxylic acids is 1. The molecular weight excluding hydrogens is 515 g/mol. The van der Waals surface area contributed by atoms with Crippen LogP contribution >= 0.6 is 35.6 Å². The summed E-state index contributed by atoms with van der Waals surface area (Å²) < 4.78 is 11.0. The van der Waals surface area contributed by atoms with Gasteiger partial charge < -0.3 is 25.0 Å². The van der Waals surface area contributed by atoms with Gasteiger partial charge >= 0.3 is 5.97 Å². The van der Waals surface area contributed by atoms with Gasteiger partial charge in [-0.05, 0) is 66.8 Å². The van der Waals surface area contributed by atoms with Gasteiger partial charge in [-0.2, -0.15) is 0 Å². The zero-order chi connectivity index (χ0) is 24.2. The summed E-state index contributed by atoms with van der Waals surface area (Å²) in [6, 6.07) is 12.4. The summed E-state index contributed by atoms with van der Waals surface area (Å²) in [6.45, 7) is 0.361. The number of methoxy groups -OCH3 is 1. The quantitative estimate of drug-likeness (QED) is 0.325. The van der Waals surface area contributed by atoms with Crippen LogP contribution in [0, 0.1) is 0 Å². The fraction of sp³-hybridized carbons (Fsp3) is 0.280. The number of aryl methyl sites for hydroxylation is 1. The fourth-order valence-corrected chi connectivity index (χ4v) is 4.32. The van der Waals surface area contributed by atoms with Crippen molar-refractivity contribution in [2.75, 3.05) is 13.7 Å². The van der Waals surface area contributed by atoms with Crippen LogP contribution in [0.25, 0.3) is 0 Å². The van der Waals surface area contributed by atoms with Crippen molar-refractivity contribution in [2.45, 2.75) is 31.4 Å². The van der Waals surface area contributed by atoms with E-state index in [1.165, 1.54) is 24.9 Å². The predicted octanol–water partition coefficient (Wildman–Crippen LogP) is 5.49. The zero-order valence-corrected chi connectivity index (χ0v) is 21.2. The van der Waals surface area contributed by atoms with Crippen molar-refractivity contribution in [1.82, 2.24) is 10.3 Å². The minimum absolute atomic E-state index is 0. The molecule has 1 aliphatic carbocycles. The van der Waals surface area contributed by atoms with Crippen LogP contribution in [0.5, 0.6) is 17.2 Å². The Kier molecular flexibility index (Phi) is 9.21. The van der Waals surface area contributed by atoms with Gasteiger partial charge in [-0.15, -0.1) is 12.4 Å². The lowest BCUT2D eigenvalue weighted by Gasteiger charge is -2.27. The van der Waals surface area contributed by atoms with Gasteiger partial charge in [0.25, 0.3) is 0 Å². The Hall–Kier alpha value is -2.55. The fourth-order valence-electron chi connectivity index (χ4n) is 4.04. The molecule has 0 unspecified atom stereocenters. The molecule has 0 aliphatic heterocycles. The molecule has 3 aromatic rings. The van der Waals surface area contributed by atoms with E-state index in [0.717, 1.165) is 24.8 Å². The Balaban J connectivity index is 0.00000342. The number of aromatic carboxylic acids is 1. The molecule has 0 spiro atoms. The molecule has 2 aromatic carbocycles. The number of benzene rings is 2. The number of pyridine rings is 1. The molecule has 10 heteroatoms. The number of hydrogen-bond acceptors (Lipinski definition) is 6. The van der Waals surface area contributed by atoms with Gasteiger partial charge in [0.05, 0.1) is 18.2 Å². The first kappa shape index (κ1) is 27.0. The van der Waals surface area contributed by atoms with E-state index in [9.17, 15) is 15.0 Å². The van der Waals surface area contributed by atoms with Gasteiger partial charge in [0.2, 0.25) is 0 Å². The van der Waals surface area contributed by atoms with Gasteiger partial charge in [-0.3, -0.25) is 0 Å². The van der Waals surface area contributed by atoms with E-state index in [2.05, 4.69) is 10.3 Å². The van der Waals surface area contributed by atoms with E-state index in [4.69, 9.17) is 32.7 Å².